The average Bonchev–Trinajstić information content (AvgIpc) is 3.37. The Morgan fingerprint density at radius 3 is 2.67 bits per heavy atom. The summed E-state index contributed by atoms with van der Waals surface area (Å²) in [5.74, 6) is 0.579. The van der Waals surface area contributed by atoms with Gasteiger partial charge >= 0.3 is 6.03 Å². The Bertz CT molecular complexity index is 1100. The smallest absolute Gasteiger partial charge is 0.323 e. The fraction of sp³-hybridized carbons (Fsp3) is 0.304. The molecule has 5 rings (SSSR count). The number of hydrogen-bond acceptors (Lipinski definition) is 4. The topological polar surface area (TPSA) is 77.8 Å². The van der Waals surface area contributed by atoms with Crippen LogP contribution in [0.3, 0.4) is 0 Å². The summed E-state index contributed by atoms with van der Waals surface area (Å²) in [6, 6.07) is 14.9. The largest absolute Gasteiger partial charge is 0.456 e. The van der Waals surface area contributed by atoms with Crippen molar-refractivity contribution in [1.29, 1.82) is 0 Å². The second-order valence-corrected chi connectivity index (χ2v) is 7.89. The van der Waals surface area contributed by atoms with E-state index >= 15 is 0 Å². The average molecular weight is 404 g/mol. The zero-order valence-corrected chi connectivity index (χ0v) is 16.9. The maximum absolute atomic E-state index is 13.2. The highest BCUT2D eigenvalue weighted by Gasteiger charge is 2.37. The second kappa shape index (κ2) is 7.50. The Balaban J connectivity index is 1.63. The van der Waals surface area contributed by atoms with Crippen molar-refractivity contribution in [2.24, 2.45) is 0 Å². The number of anilines is 2. The maximum Gasteiger partial charge on any atom is 0.323 e. The van der Waals surface area contributed by atoms with E-state index in [1.54, 1.807) is 4.90 Å². The van der Waals surface area contributed by atoms with Gasteiger partial charge in [-0.15, -0.1) is 0 Å². The molecule has 30 heavy (non-hydrogen) atoms. The molecule has 1 unspecified atom stereocenters. The SMILES string of the molecule is CC(=O)Nc1ccc2c3c(oc2c1)C(c1ccccc1)NC(=O)N3CN1CCCC1. The molecule has 3 heterocycles. The van der Waals surface area contributed by atoms with Crippen molar-refractivity contribution in [2.45, 2.75) is 25.8 Å². The third kappa shape index (κ3) is 3.31. The molecule has 7 nitrogen and oxygen atoms in total. The van der Waals surface area contributed by atoms with E-state index in [-0.39, 0.29) is 18.0 Å². The normalized spacial score (nSPS) is 19.0. The van der Waals surface area contributed by atoms with E-state index in [4.69, 9.17) is 4.42 Å². The zero-order valence-electron chi connectivity index (χ0n) is 16.9. The summed E-state index contributed by atoms with van der Waals surface area (Å²) in [5.41, 5.74) is 3.09. The van der Waals surface area contributed by atoms with Gasteiger partial charge in [0.2, 0.25) is 5.91 Å². The number of nitrogens with zero attached hydrogens (tertiary/aromatic N) is 2. The summed E-state index contributed by atoms with van der Waals surface area (Å²) in [5, 5.41) is 6.78. The number of benzene rings is 2. The molecule has 0 radical (unpaired) electrons. The van der Waals surface area contributed by atoms with Crippen LogP contribution in [-0.2, 0) is 4.79 Å². The lowest BCUT2D eigenvalue weighted by molar-refractivity contribution is -0.114. The molecular weight excluding hydrogens is 380 g/mol. The summed E-state index contributed by atoms with van der Waals surface area (Å²) >= 11 is 0. The maximum atomic E-state index is 13.2. The minimum Gasteiger partial charge on any atom is -0.456 e. The molecule has 0 spiro atoms. The van der Waals surface area contributed by atoms with Gasteiger partial charge in [-0.05, 0) is 43.6 Å². The third-order valence-corrected chi connectivity index (χ3v) is 5.73. The molecule has 3 amide bonds. The Labute approximate surface area is 174 Å². The van der Waals surface area contributed by atoms with Crippen molar-refractivity contribution >= 4 is 34.3 Å². The number of carbonyl (C=O) groups is 2. The van der Waals surface area contributed by atoms with Gasteiger partial charge in [-0.2, -0.15) is 0 Å². The molecule has 2 aliphatic rings. The predicted molar refractivity (Wildman–Crippen MR) is 115 cm³/mol. The number of carbonyl (C=O) groups excluding carboxylic acids is 2. The lowest BCUT2D eigenvalue weighted by atomic mass is 10.0. The number of nitrogens with one attached hydrogen (secondary N) is 2. The van der Waals surface area contributed by atoms with E-state index in [0.717, 1.165) is 48.3 Å². The molecule has 0 saturated carbocycles. The summed E-state index contributed by atoms with van der Waals surface area (Å²) in [6.07, 6.45) is 2.31. The first kappa shape index (κ1) is 18.7. The van der Waals surface area contributed by atoms with Gasteiger partial charge in [-0.25, -0.2) is 4.79 Å². The number of rotatable bonds is 4. The van der Waals surface area contributed by atoms with Gasteiger partial charge in [-0.1, -0.05) is 30.3 Å². The molecule has 2 aliphatic heterocycles. The first-order chi connectivity index (χ1) is 14.6. The van der Waals surface area contributed by atoms with E-state index in [1.165, 1.54) is 6.92 Å². The fourth-order valence-electron chi connectivity index (χ4n) is 4.36. The number of amides is 3. The summed E-state index contributed by atoms with van der Waals surface area (Å²) < 4.78 is 6.30. The van der Waals surface area contributed by atoms with Gasteiger partial charge in [-0.3, -0.25) is 14.6 Å². The standard InChI is InChI=1S/C23H24N4O3/c1-15(28)24-17-9-10-18-19(13-17)30-22-20(16-7-3-2-4-8-16)25-23(29)27(21(18)22)14-26-11-5-6-12-26/h2-4,7-10,13,20H,5-6,11-12,14H2,1H3,(H,24,28)(H,25,29). The van der Waals surface area contributed by atoms with Crippen LogP contribution in [0.5, 0.6) is 0 Å². The van der Waals surface area contributed by atoms with Gasteiger partial charge in [0.1, 0.15) is 11.6 Å². The predicted octanol–water partition coefficient (Wildman–Crippen LogP) is 4.06. The van der Waals surface area contributed by atoms with Gasteiger partial charge < -0.3 is 15.1 Å². The van der Waals surface area contributed by atoms with Crippen molar-refractivity contribution in [2.75, 3.05) is 30.0 Å². The Morgan fingerprint density at radius 1 is 1.17 bits per heavy atom. The summed E-state index contributed by atoms with van der Waals surface area (Å²) in [4.78, 5) is 28.7. The van der Waals surface area contributed by atoms with Crippen molar-refractivity contribution in [3.05, 3.63) is 59.9 Å². The van der Waals surface area contributed by atoms with E-state index < -0.39 is 0 Å². The van der Waals surface area contributed by atoms with Crippen molar-refractivity contribution in [3.63, 3.8) is 0 Å². The Hall–Kier alpha value is -3.32. The van der Waals surface area contributed by atoms with Gasteiger partial charge in [0.05, 0.1) is 12.4 Å². The van der Waals surface area contributed by atoms with Crippen LogP contribution in [0.2, 0.25) is 0 Å². The van der Waals surface area contributed by atoms with Gasteiger partial charge in [0.25, 0.3) is 0 Å². The van der Waals surface area contributed by atoms with E-state index in [9.17, 15) is 9.59 Å². The van der Waals surface area contributed by atoms with Crippen molar-refractivity contribution in [3.8, 4) is 0 Å². The molecule has 154 valence electrons. The van der Waals surface area contributed by atoms with Gasteiger partial charge in [0, 0.05) is 24.1 Å². The van der Waals surface area contributed by atoms with Gasteiger partial charge in [0.15, 0.2) is 5.76 Å². The zero-order chi connectivity index (χ0) is 20.7. The number of urea groups is 1. The molecular formula is C23H24N4O3. The highest BCUT2D eigenvalue weighted by molar-refractivity contribution is 6.06. The highest BCUT2D eigenvalue weighted by atomic mass is 16.3. The number of fused-ring (bicyclic) bond motifs is 3. The monoisotopic (exact) mass is 404 g/mol. The van der Waals surface area contributed by atoms with E-state index in [2.05, 4.69) is 15.5 Å². The molecule has 2 aromatic carbocycles. The second-order valence-electron chi connectivity index (χ2n) is 7.89. The number of furan rings is 1. The van der Waals surface area contributed by atoms with E-state index in [1.807, 2.05) is 48.5 Å². The summed E-state index contributed by atoms with van der Waals surface area (Å²) in [6.45, 7) is 3.99. The lowest BCUT2D eigenvalue weighted by Gasteiger charge is -2.34. The molecule has 1 fully saturated rings. The van der Waals surface area contributed by atoms with Crippen LogP contribution in [-0.4, -0.2) is 36.6 Å². The fourth-order valence-corrected chi connectivity index (χ4v) is 4.36. The van der Waals surface area contributed by atoms with Crippen LogP contribution in [0.4, 0.5) is 16.2 Å². The minimum atomic E-state index is -0.361. The molecule has 1 saturated heterocycles. The molecule has 2 N–H and O–H groups in total. The lowest BCUT2D eigenvalue weighted by Crippen LogP contribution is -2.50. The Kier molecular flexibility index (Phi) is 4.67. The quantitative estimate of drug-likeness (QED) is 0.687. The van der Waals surface area contributed by atoms with Crippen LogP contribution < -0.4 is 15.5 Å². The van der Waals surface area contributed by atoms with E-state index in [0.29, 0.717) is 17.9 Å². The van der Waals surface area contributed by atoms with Crippen LogP contribution >= 0.6 is 0 Å². The van der Waals surface area contributed by atoms with Crippen molar-refractivity contribution < 1.29 is 14.0 Å². The van der Waals surface area contributed by atoms with Crippen LogP contribution in [0.1, 0.15) is 37.1 Å². The molecule has 0 bridgehead atoms. The number of hydrogen-bond donors (Lipinski definition) is 2. The highest BCUT2D eigenvalue weighted by Crippen LogP contribution is 2.43. The first-order valence-corrected chi connectivity index (χ1v) is 10.3. The Morgan fingerprint density at radius 2 is 1.93 bits per heavy atom. The minimum absolute atomic E-state index is 0.128. The third-order valence-electron chi connectivity index (χ3n) is 5.73. The first-order valence-electron chi connectivity index (χ1n) is 10.3. The summed E-state index contributed by atoms with van der Waals surface area (Å²) in [7, 11) is 0. The van der Waals surface area contributed by atoms with Crippen LogP contribution in [0.15, 0.2) is 52.9 Å². The van der Waals surface area contributed by atoms with Crippen molar-refractivity contribution in [1.82, 2.24) is 10.2 Å². The van der Waals surface area contributed by atoms with Crippen LogP contribution in [0.25, 0.3) is 11.0 Å². The molecule has 0 aliphatic carbocycles. The number of likely N-dealkylation sites (tertiary alicyclic amines) is 1. The van der Waals surface area contributed by atoms with Crippen LogP contribution in [0, 0.1) is 0 Å². The molecule has 7 heteroatoms. The molecule has 1 atom stereocenters. The molecule has 1 aromatic heterocycles. The molecule has 3 aromatic rings.